The molecule has 1 unspecified atom stereocenters. The van der Waals surface area contributed by atoms with Gasteiger partial charge in [0, 0.05) is 18.4 Å². The highest BCUT2D eigenvalue weighted by molar-refractivity contribution is 9.09. The van der Waals surface area contributed by atoms with E-state index in [2.05, 4.69) is 22.9 Å². The van der Waals surface area contributed by atoms with E-state index in [4.69, 9.17) is 9.47 Å². The van der Waals surface area contributed by atoms with Crippen molar-refractivity contribution >= 4 is 15.9 Å². The van der Waals surface area contributed by atoms with Gasteiger partial charge >= 0.3 is 0 Å². The first-order chi connectivity index (χ1) is 7.80. The third-order valence-electron chi connectivity index (χ3n) is 2.49. The second kappa shape index (κ2) is 7.69. The number of rotatable bonds is 7. The summed E-state index contributed by atoms with van der Waals surface area (Å²) in [5.74, 6) is 1.50. The molecule has 0 radical (unpaired) electrons. The highest BCUT2D eigenvalue weighted by atomic mass is 79.9. The lowest BCUT2D eigenvalue weighted by Gasteiger charge is -2.13. The molecule has 1 aromatic rings. The first-order valence-electron chi connectivity index (χ1n) is 5.56. The second-order valence-corrected chi connectivity index (χ2v) is 4.47. The van der Waals surface area contributed by atoms with Gasteiger partial charge < -0.3 is 9.47 Å². The van der Waals surface area contributed by atoms with Crippen LogP contribution < -0.4 is 4.74 Å². The third-order valence-corrected chi connectivity index (χ3v) is 3.41. The minimum absolute atomic E-state index is 0.575. The van der Waals surface area contributed by atoms with Gasteiger partial charge in [-0.15, -0.1) is 0 Å². The van der Waals surface area contributed by atoms with Crippen molar-refractivity contribution < 1.29 is 9.47 Å². The lowest BCUT2D eigenvalue weighted by Crippen LogP contribution is -2.12. The van der Waals surface area contributed by atoms with Crippen LogP contribution >= 0.6 is 15.9 Å². The van der Waals surface area contributed by atoms with E-state index in [1.807, 2.05) is 24.3 Å². The number of halogens is 1. The zero-order valence-corrected chi connectivity index (χ0v) is 11.5. The summed E-state index contributed by atoms with van der Waals surface area (Å²) in [7, 11) is 1.70. The van der Waals surface area contributed by atoms with Crippen molar-refractivity contribution in [3.8, 4) is 5.75 Å². The van der Waals surface area contributed by atoms with Gasteiger partial charge in [0.25, 0.3) is 0 Å². The minimum Gasteiger partial charge on any atom is -0.493 e. The fourth-order valence-electron chi connectivity index (χ4n) is 1.38. The standard InChI is InChI=1S/C13H19BrO2/c1-3-11(8-14)10-16-13-6-4-5-12(7-13)9-15-2/h4-7,11H,3,8-10H2,1-2H3. The summed E-state index contributed by atoms with van der Waals surface area (Å²) < 4.78 is 10.8. The maximum absolute atomic E-state index is 5.75. The van der Waals surface area contributed by atoms with Crippen LogP contribution in [0.15, 0.2) is 24.3 Å². The first kappa shape index (κ1) is 13.5. The number of hydrogen-bond donors (Lipinski definition) is 0. The predicted molar refractivity (Wildman–Crippen MR) is 70.2 cm³/mol. The van der Waals surface area contributed by atoms with Gasteiger partial charge in [-0.1, -0.05) is 35.0 Å². The molecule has 1 rings (SSSR count). The van der Waals surface area contributed by atoms with Gasteiger partial charge in [0.1, 0.15) is 5.75 Å². The maximum atomic E-state index is 5.75. The van der Waals surface area contributed by atoms with E-state index < -0.39 is 0 Å². The quantitative estimate of drug-likeness (QED) is 0.713. The minimum atomic E-state index is 0.575. The van der Waals surface area contributed by atoms with Gasteiger partial charge in [-0.2, -0.15) is 0 Å². The fourth-order valence-corrected chi connectivity index (χ4v) is 2.02. The van der Waals surface area contributed by atoms with Crippen LogP contribution in [0, 0.1) is 5.92 Å². The summed E-state index contributed by atoms with van der Waals surface area (Å²) in [6, 6.07) is 8.06. The smallest absolute Gasteiger partial charge is 0.119 e. The van der Waals surface area contributed by atoms with Crippen LogP contribution in [0.25, 0.3) is 0 Å². The molecule has 3 heteroatoms. The third kappa shape index (κ3) is 4.54. The van der Waals surface area contributed by atoms with Gasteiger partial charge in [-0.05, 0) is 24.1 Å². The SMILES string of the molecule is CCC(CBr)COc1cccc(COC)c1. The Balaban J connectivity index is 2.49. The van der Waals surface area contributed by atoms with E-state index in [0.717, 1.165) is 29.7 Å². The highest BCUT2D eigenvalue weighted by Gasteiger charge is 2.05. The van der Waals surface area contributed by atoms with E-state index in [1.165, 1.54) is 0 Å². The Morgan fingerprint density at radius 1 is 1.38 bits per heavy atom. The van der Waals surface area contributed by atoms with E-state index in [9.17, 15) is 0 Å². The topological polar surface area (TPSA) is 18.5 Å². The molecule has 2 nitrogen and oxygen atoms in total. The van der Waals surface area contributed by atoms with Gasteiger partial charge in [-0.25, -0.2) is 0 Å². The maximum Gasteiger partial charge on any atom is 0.119 e. The van der Waals surface area contributed by atoms with Gasteiger partial charge in [0.15, 0.2) is 0 Å². The van der Waals surface area contributed by atoms with Crippen molar-refractivity contribution in [2.24, 2.45) is 5.92 Å². The van der Waals surface area contributed by atoms with Crippen molar-refractivity contribution in [2.45, 2.75) is 20.0 Å². The average molecular weight is 287 g/mol. The van der Waals surface area contributed by atoms with Gasteiger partial charge in [0.05, 0.1) is 13.2 Å². The molecule has 16 heavy (non-hydrogen) atoms. The first-order valence-corrected chi connectivity index (χ1v) is 6.69. The molecule has 0 fully saturated rings. The molecule has 0 bridgehead atoms. The molecule has 90 valence electrons. The zero-order valence-electron chi connectivity index (χ0n) is 9.91. The fraction of sp³-hybridized carbons (Fsp3) is 0.538. The normalized spacial score (nSPS) is 12.4. The van der Waals surface area contributed by atoms with E-state index in [1.54, 1.807) is 7.11 Å². The Hall–Kier alpha value is -0.540. The van der Waals surface area contributed by atoms with Crippen LogP contribution in [0.2, 0.25) is 0 Å². The summed E-state index contributed by atoms with van der Waals surface area (Å²) in [6.45, 7) is 3.57. The molecule has 0 aliphatic heterocycles. The number of methoxy groups -OCH3 is 1. The zero-order chi connectivity index (χ0) is 11.8. The van der Waals surface area contributed by atoms with E-state index in [-0.39, 0.29) is 0 Å². The summed E-state index contributed by atoms with van der Waals surface area (Å²) in [5, 5.41) is 0.987. The summed E-state index contributed by atoms with van der Waals surface area (Å²) in [4.78, 5) is 0. The molecular weight excluding hydrogens is 268 g/mol. The molecule has 1 aromatic carbocycles. The molecule has 0 N–H and O–H groups in total. The van der Waals surface area contributed by atoms with Crippen molar-refractivity contribution in [2.75, 3.05) is 19.0 Å². The molecule has 0 amide bonds. The summed E-state index contributed by atoms with van der Waals surface area (Å²) >= 11 is 3.49. The molecule has 0 aliphatic carbocycles. The molecule has 0 heterocycles. The summed E-state index contributed by atoms with van der Waals surface area (Å²) in [5.41, 5.74) is 1.15. The Labute approximate surface area is 106 Å². The lowest BCUT2D eigenvalue weighted by molar-refractivity contribution is 0.184. The van der Waals surface area contributed by atoms with Gasteiger partial charge in [-0.3, -0.25) is 0 Å². The second-order valence-electron chi connectivity index (χ2n) is 3.82. The average Bonchev–Trinajstić information content (AvgIpc) is 2.31. The van der Waals surface area contributed by atoms with Crippen molar-refractivity contribution in [3.05, 3.63) is 29.8 Å². The number of alkyl halides is 1. The predicted octanol–water partition coefficient (Wildman–Crippen LogP) is 3.63. The van der Waals surface area contributed by atoms with Crippen LogP contribution in [-0.2, 0) is 11.3 Å². The molecule has 0 saturated heterocycles. The molecule has 1 atom stereocenters. The van der Waals surface area contributed by atoms with Crippen LogP contribution in [0.3, 0.4) is 0 Å². The Kier molecular flexibility index (Phi) is 6.50. The Bertz CT molecular complexity index is 298. The van der Waals surface area contributed by atoms with E-state index >= 15 is 0 Å². The monoisotopic (exact) mass is 286 g/mol. The van der Waals surface area contributed by atoms with Crippen LogP contribution in [0.1, 0.15) is 18.9 Å². The van der Waals surface area contributed by atoms with Crippen molar-refractivity contribution in [1.29, 1.82) is 0 Å². The molecule has 0 saturated carbocycles. The van der Waals surface area contributed by atoms with Crippen molar-refractivity contribution in [3.63, 3.8) is 0 Å². The number of ether oxygens (including phenoxy) is 2. The molecule has 0 spiro atoms. The highest BCUT2D eigenvalue weighted by Crippen LogP contribution is 2.16. The van der Waals surface area contributed by atoms with Crippen LogP contribution in [0.4, 0.5) is 0 Å². The van der Waals surface area contributed by atoms with Gasteiger partial charge in [0.2, 0.25) is 0 Å². The number of benzene rings is 1. The van der Waals surface area contributed by atoms with Crippen LogP contribution in [0.5, 0.6) is 5.75 Å². The molecule has 0 aliphatic rings. The molecule has 0 aromatic heterocycles. The largest absolute Gasteiger partial charge is 0.493 e. The van der Waals surface area contributed by atoms with Crippen molar-refractivity contribution in [1.82, 2.24) is 0 Å². The van der Waals surface area contributed by atoms with Crippen LogP contribution in [-0.4, -0.2) is 19.0 Å². The number of hydrogen-bond acceptors (Lipinski definition) is 2. The lowest BCUT2D eigenvalue weighted by atomic mass is 10.1. The summed E-state index contributed by atoms with van der Waals surface area (Å²) in [6.07, 6.45) is 1.13. The Morgan fingerprint density at radius 2 is 2.19 bits per heavy atom. The van der Waals surface area contributed by atoms with E-state index in [0.29, 0.717) is 12.5 Å². The molecular formula is C13H19BrO2. The Morgan fingerprint density at radius 3 is 2.81 bits per heavy atom.